The molecule has 1 heterocycles. The van der Waals surface area contributed by atoms with Crippen LogP contribution in [0, 0.1) is 5.92 Å². The summed E-state index contributed by atoms with van der Waals surface area (Å²) in [5.74, 6) is -0.361. The van der Waals surface area contributed by atoms with Crippen LogP contribution in [-0.4, -0.2) is 28.5 Å². The van der Waals surface area contributed by atoms with Gasteiger partial charge in [0.05, 0.1) is 0 Å². The molecule has 0 fully saturated rings. The van der Waals surface area contributed by atoms with Crippen molar-refractivity contribution in [3.63, 3.8) is 0 Å². The maximum Gasteiger partial charge on any atom is 0.303 e. The molecule has 1 aromatic heterocycles. The lowest BCUT2D eigenvalue weighted by Gasteiger charge is -2.14. The number of nitrogens with one attached hydrogen (secondary N) is 1. The minimum absolute atomic E-state index is 0.0342. The summed E-state index contributed by atoms with van der Waals surface area (Å²) < 4.78 is 0. The Hall–Kier alpha value is -1.91. The number of aliphatic carboxylic acids is 1. The van der Waals surface area contributed by atoms with Gasteiger partial charge in [0.25, 0.3) is 0 Å². The molecule has 1 aromatic rings. The van der Waals surface area contributed by atoms with E-state index in [1.807, 2.05) is 12.1 Å². The van der Waals surface area contributed by atoms with E-state index >= 15 is 0 Å². The van der Waals surface area contributed by atoms with Crippen LogP contribution in [0.25, 0.3) is 0 Å². The van der Waals surface area contributed by atoms with Gasteiger partial charge in [0.1, 0.15) is 0 Å². The molecule has 2 N–H and O–H groups in total. The fourth-order valence-electron chi connectivity index (χ4n) is 2.19. The Morgan fingerprint density at radius 1 is 1.33 bits per heavy atom. The Morgan fingerprint density at radius 2 is 2.14 bits per heavy atom. The van der Waals surface area contributed by atoms with Crippen LogP contribution in [-0.2, 0) is 16.0 Å². The van der Waals surface area contributed by atoms with Gasteiger partial charge in [-0.25, -0.2) is 0 Å². The van der Waals surface area contributed by atoms with Crippen LogP contribution < -0.4 is 5.32 Å². The summed E-state index contributed by atoms with van der Waals surface area (Å²) >= 11 is 0. The molecule has 0 saturated heterocycles. The van der Waals surface area contributed by atoms with Crippen molar-refractivity contribution in [3.05, 3.63) is 30.1 Å². The molecule has 5 heteroatoms. The normalized spacial score (nSPS) is 11.9. The van der Waals surface area contributed by atoms with Crippen LogP contribution in [0.3, 0.4) is 0 Å². The third-order valence-corrected chi connectivity index (χ3v) is 3.58. The number of nitrogens with zero attached hydrogens (tertiary/aromatic N) is 1. The molecule has 1 atom stereocenters. The zero-order chi connectivity index (χ0) is 15.5. The van der Waals surface area contributed by atoms with Crippen LogP contribution in [0.2, 0.25) is 0 Å². The Labute approximate surface area is 125 Å². The number of carboxylic acids is 1. The van der Waals surface area contributed by atoms with E-state index in [2.05, 4.69) is 17.2 Å². The lowest BCUT2D eigenvalue weighted by atomic mass is 9.96. The SMILES string of the molecule is CCC(CCNC(=O)CCc1cccnc1)CCC(=O)O. The lowest BCUT2D eigenvalue weighted by molar-refractivity contribution is -0.137. The largest absolute Gasteiger partial charge is 0.481 e. The summed E-state index contributed by atoms with van der Waals surface area (Å²) in [5, 5.41) is 11.6. The number of aryl methyl sites for hydroxylation is 1. The van der Waals surface area contributed by atoms with Gasteiger partial charge in [-0.05, 0) is 36.8 Å². The summed E-state index contributed by atoms with van der Waals surface area (Å²) in [7, 11) is 0. The van der Waals surface area contributed by atoms with E-state index in [0.717, 1.165) is 18.4 Å². The van der Waals surface area contributed by atoms with E-state index < -0.39 is 5.97 Å². The molecule has 5 nitrogen and oxygen atoms in total. The number of amides is 1. The van der Waals surface area contributed by atoms with E-state index in [9.17, 15) is 9.59 Å². The Kier molecular flexibility index (Phi) is 8.09. The van der Waals surface area contributed by atoms with Crippen LogP contribution in [0.15, 0.2) is 24.5 Å². The highest BCUT2D eigenvalue weighted by atomic mass is 16.4. The van der Waals surface area contributed by atoms with E-state index in [4.69, 9.17) is 5.11 Å². The molecule has 0 aromatic carbocycles. The highest BCUT2D eigenvalue weighted by Crippen LogP contribution is 2.14. The molecular formula is C16H24N2O3. The summed E-state index contributed by atoms with van der Waals surface area (Å²) in [5.41, 5.74) is 1.06. The predicted octanol–water partition coefficient (Wildman–Crippen LogP) is 2.41. The smallest absolute Gasteiger partial charge is 0.303 e. The minimum atomic E-state index is -0.756. The second-order valence-electron chi connectivity index (χ2n) is 5.21. The first-order valence-corrected chi connectivity index (χ1v) is 7.49. The molecule has 0 radical (unpaired) electrons. The van der Waals surface area contributed by atoms with E-state index in [0.29, 0.717) is 31.7 Å². The number of aromatic nitrogens is 1. The topological polar surface area (TPSA) is 79.3 Å². The molecule has 0 aliphatic heterocycles. The summed E-state index contributed by atoms with van der Waals surface area (Å²) in [6, 6.07) is 3.82. The van der Waals surface area contributed by atoms with E-state index in [-0.39, 0.29) is 12.3 Å². The number of hydrogen-bond donors (Lipinski definition) is 2. The maximum atomic E-state index is 11.7. The van der Waals surface area contributed by atoms with Crippen molar-refractivity contribution in [1.29, 1.82) is 0 Å². The lowest BCUT2D eigenvalue weighted by Crippen LogP contribution is -2.26. The highest BCUT2D eigenvalue weighted by molar-refractivity contribution is 5.76. The van der Waals surface area contributed by atoms with Crippen LogP contribution >= 0.6 is 0 Å². The number of carbonyl (C=O) groups excluding carboxylic acids is 1. The third-order valence-electron chi connectivity index (χ3n) is 3.58. The van der Waals surface area contributed by atoms with Crippen molar-refractivity contribution in [1.82, 2.24) is 10.3 Å². The Bertz CT molecular complexity index is 434. The van der Waals surface area contributed by atoms with E-state index in [1.54, 1.807) is 12.4 Å². The summed E-state index contributed by atoms with van der Waals surface area (Å²) in [6.07, 6.45) is 7.29. The zero-order valence-corrected chi connectivity index (χ0v) is 12.5. The first-order chi connectivity index (χ1) is 10.1. The fraction of sp³-hybridized carbons (Fsp3) is 0.562. The number of hydrogen-bond acceptors (Lipinski definition) is 3. The number of carboxylic acid groups (broad SMARTS) is 1. The average molecular weight is 292 g/mol. The van der Waals surface area contributed by atoms with Crippen molar-refractivity contribution in [2.75, 3.05) is 6.54 Å². The van der Waals surface area contributed by atoms with E-state index in [1.165, 1.54) is 0 Å². The average Bonchev–Trinajstić information content (AvgIpc) is 2.49. The monoisotopic (exact) mass is 292 g/mol. The summed E-state index contributed by atoms with van der Waals surface area (Å²) in [4.78, 5) is 26.3. The molecule has 1 rings (SSSR count). The van der Waals surface area contributed by atoms with Crippen molar-refractivity contribution in [3.8, 4) is 0 Å². The molecule has 0 aliphatic rings. The van der Waals surface area contributed by atoms with Gasteiger partial charge < -0.3 is 10.4 Å². The molecule has 0 spiro atoms. The minimum Gasteiger partial charge on any atom is -0.481 e. The molecule has 0 aliphatic carbocycles. The Balaban J connectivity index is 2.16. The van der Waals surface area contributed by atoms with Gasteiger partial charge in [0, 0.05) is 31.8 Å². The molecule has 0 bridgehead atoms. The maximum absolute atomic E-state index is 11.7. The zero-order valence-electron chi connectivity index (χ0n) is 12.5. The van der Waals surface area contributed by atoms with Crippen molar-refractivity contribution in [2.24, 2.45) is 5.92 Å². The number of rotatable bonds is 10. The third kappa shape index (κ3) is 8.07. The summed E-state index contributed by atoms with van der Waals surface area (Å²) in [6.45, 7) is 2.67. The first kappa shape index (κ1) is 17.1. The molecular weight excluding hydrogens is 268 g/mol. The van der Waals surface area contributed by atoms with Gasteiger partial charge >= 0.3 is 5.97 Å². The highest BCUT2D eigenvalue weighted by Gasteiger charge is 2.09. The van der Waals surface area contributed by atoms with Gasteiger partial charge in [-0.2, -0.15) is 0 Å². The van der Waals surface area contributed by atoms with Gasteiger partial charge in [-0.3, -0.25) is 14.6 Å². The van der Waals surface area contributed by atoms with Crippen molar-refractivity contribution >= 4 is 11.9 Å². The second kappa shape index (κ2) is 9.91. The Morgan fingerprint density at radius 3 is 2.76 bits per heavy atom. The standard InChI is InChI=1S/C16H24N2O3/c1-2-13(6-8-16(20)21)9-11-18-15(19)7-5-14-4-3-10-17-12-14/h3-4,10,12-13H,2,5-9,11H2,1H3,(H,18,19)(H,20,21). The number of carbonyl (C=O) groups is 2. The molecule has 1 amide bonds. The first-order valence-electron chi connectivity index (χ1n) is 7.49. The second-order valence-corrected chi connectivity index (χ2v) is 5.21. The molecule has 0 saturated carbocycles. The van der Waals surface area contributed by atoms with Gasteiger partial charge in [-0.15, -0.1) is 0 Å². The predicted molar refractivity (Wildman–Crippen MR) is 80.8 cm³/mol. The van der Waals surface area contributed by atoms with Gasteiger partial charge in [0.2, 0.25) is 5.91 Å². The van der Waals surface area contributed by atoms with Crippen LogP contribution in [0.5, 0.6) is 0 Å². The van der Waals surface area contributed by atoms with Crippen molar-refractivity contribution < 1.29 is 14.7 Å². The quantitative estimate of drug-likeness (QED) is 0.694. The number of pyridine rings is 1. The molecule has 116 valence electrons. The molecule has 1 unspecified atom stereocenters. The fourth-order valence-corrected chi connectivity index (χ4v) is 2.19. The van der Waals surface area contributed by atoms with Crippen LogP contribution in [0.4, 0.5) is 0 Å². The van der Waals surface area contributed by atoms with Crippen molar-refractivity contribution in [2.45, 2.75) is 45.4 Å². The van der Waals surface area contributed by atoms with Gasteiger partial charge in [-0.1, -0.05) is 19.4 Å². The molecule has 21 heavy (non-hydrogen) atoms. The van der Waals surface area contributed by atoms with Crippen LogP contribution in [0.1, 0.15) is 44.6 Å². The van der Waals surface area contributed by atoms with Gasteiger partial charge in [0.15, 0.2) is 0 Å².